The van der Waals surface area contributed by atoms with E-state index < -0.39 is 0 Å². The summed E-state index contributed by atoms with van der Waals surface area (Å²) in [4.78, 5) is 11.5. The molecule has 1 unspecified atom stereocenters. The molecule has 0 amide bonds. The molecule has 1 aromatic rings. The highest BCUT2D eigenvalue weighted by Crippen LogP contribution is 2.30. The molecule has 0 bridgehead atoms. The van der Waals surface area contributed by atoms with Gasteiger partial charge in [0.2, 0.25) is 0 Å². The molecule has 3 nitrogen and oxygen atoms in total. The van der Waals surface area contributed by atoms with Gasteiger partial charge in [0.15, 0.2) is 0 Å². The Hall–Kier alpha value is -1.35. The number of carbonyl (C=O) groups is 1. The van der Waals surface area contributed by atoms with E-state index in [0.717, 1.165) is 25.8 Å². The van der Waals surface area contributed by atoms with Crippen LogP contribution in [0.25, 0.3) is 0 Å². The molecule has 1 fully saturated rings. The van der Waals surface area contributed by atoms with Gasteiger partial charge in [0.05, 0.1) is 5.92 Å². The van der Waals surface area contributed by atoms with Crippen LogP contribution < -0.4 is 5.32 Å². The van der Waals surface area contributed by atoms with Crippen molar-refractivity contribution < 1.29 is 9.53 Å². The van der Waals surface area contributed by atoms with Crippen molar-refractivity contribution in [1.82, 2.24) is 5.32 Å². The average molecular weight is 261 g/mol. The van der Waals surface area contributed by atoms with Gasteiger partial charge in [-0.05, 0) is 37.3 Å². The maximum atomic E-state index is 11.5. The van der Waals surface area contributed by atoms with Gasteiger partial charge in [-0.2, -0.15) is 0 Å². The molecule has 0 aliphatic heterocycles. The second-order valence-corrected chi connectivity index (χ2v) is 5.32. The first-order chi connectivity index (χ1) is 9.20. The Morgan fingerprint density at radius 1 is 1.42 bits per heavy atom. The number of aryl methyl sites for hydroxylation is 1. The number of ether oxygens (including phenoxy) is 1. The molecule has 0 heterocycles. The Labute approximate surface area is 115 Å². The van der Waals surface area contributed by atoms with E-state index in [1.165, 1.54) is 11.1 Å². The van der Waals surface area contributed by atoms with Gasteiger partial charge in [-0.25, -0.2) is 0 Å². The minimum Gasteiger partial charge on any atom is -0.464 e. The van der Waals surface area contributed by atoms with E-state index in [9.17, 15) is 4.79 Å². The number of hydrogen-bond donors (Lipinski definition) is 1. The van der Waals surface area contributed by atoms with Crippen molar-refractivity contribution in [3.63, 3.8) is 0 Å². The Morgan fingerprint density at radius 2 is 2.16 bits per heavy atom. The van der Waals surface area contributed by atoms with Crippen molar-refractivity contribution in [3.05, 3.63) is 35.4 Å². The maximum absolute atomic E-state index is 11.5. The summed E-state index contributed by atoms with van der Waals surface area (Å²) in [6, 6.07) is 8.59. The molecule has 3 heteroatoms. The topological polar surface area (TPSA) is 38.3 Å². The number of esters is 1. The van der Waals surface area contributed by atoms with Crippen LogP contribution >= 0.6 is 0 Å². The van der Waals surface area contributed by atoms with Crippen LogP contribution in [0.5, 0.6) is 0 Å². The molecule has 1 N–H and O–H groups in total. The molecule has 19 heavy (non-hydrogen) atoms. The van der Waals surface area contributed by atoms with E-state index in [1.54, 1.807) is 0 Å². The molecule has 1 aromatic carbocycles. The van der Waals surface area contributed by atoms with Crippen molar-refractivity contribution >= 4 is 5.97 Å². The van der Waals surface area contributed by atoms with Gasteiger partial charge in [0.25, 0.3) is 0 Å². The van der Waals surface area contributed by atoms with Crippen LogP contribution in [-0.4, -0.2) is 18.6 Å². The summed E-state index contributed by atoms with van der Waals surface area (Å²) >= 11 is 0. The van der Waals surface area contributed by atoms with Gasteiger partial charge in [-0.3, -0.25) is 4.79 Å². The van der Waals surface area contributed by atoms with Crippen LogP contribution in [0.1, 0.15) is 37.3 Å². The zero-order valence-electron chi connectivity index (χ0n) is 11.8. The number of benzene rings is 1. The van der Waals surface area contributed by atoms with Gasteiger partial charge >= 0.3 is 5.97 Å². The highest BCUT2D eigenvalue weighted by atomic mass is 16.5. The molecule has 104 valence electrons. The summed E-state index contributed by atoms with van der Waals surface area (Å²) in [5.41, 5.74) is 2.59. The van der Waals surface area contributed by atoms with Gasteiger partial charge in [-0.15, -0.1) is 0 Å². The van der Waals surface area contributed by atoms with Gasteiger partial charge < -0.3 is 10.1 Å². The van der Waals surface area contributed by atoms with Gasteiger partial charge in [0.1, 0.15) is 6.61 Å². The lowest BCUT2D eigenvalue weighted by Gasteiger charge is -2.17. The first kappa shape index (κ1) is 14.1. The van der Waals surface area contributed by atoms with E-state index in [1.807, 2.05) is 6.07 Å². The molecule has 0 radical (unpaired) electrons. The Kier molecular flexibility index (Phi) is 4.97. The van der Waals surface area contributed by atoms with E-state index in [4.69, 9.17) is 4.74 Å². The molecule has 1 atom stereocenters. The van der Waals surface area contributed by atoms with E-state index in [0.29, 0.717) is 6.61 Å². The first-order valence-electron chi connectivity index (χ1n) is 7.15. The standard InChI is InChI=1S/C16H23NO2/c1-3-15(11-19-16(18)13-8-9-13)17-10-14-7-5-4-6-12(14)2/h4-7,13,15,17H,3,8-11H2,1-2H3. The molecule has 1 aliphatic rings. The van der Waals surface area contributed by atoms with Crippen LogP contribution in [0, 0.1) is 12.8 Å². The molecular formula is C16H23NO2. The minimum atomic E-state index is -0.0175. The molecule has 1 aliphatic carbocycles. The van der Waals surface area contributed by atoms with Crippen molar-refractivity contribution in [2.45, 2.75) is 45.7 Å². The molecular weight excluding hydrogens is 238 g/mol. The highest BCUT2D eigenvalue weighted by Gasteiger charge is 2.31. The fraction of sp³-hybridized carbons (Fsp3) is 0.562. The van der Waals surface area contributed by atoms with Gasteiger partial charge in [0, 0.05) is 12.6 Å². The third-order valence-electron chi connectivity index (χ3n) is 3.67. The highest BCUT2D eigenvalue weighted by molar-refractivity contribution is 5.74. The van der Waals surface area contributed by atoms with E-state index in [2.05, 4.69) is 37.4 Å². The van der Waals surface area contributed by atoms with Crippen molar-refractivity contribution in [2.24, 2.45) is 5.92 Å². The normalized spacial score (nSPS) is 16.1. The summed E-state index contributed by atoms with van der Waals surface area (Å²) in [6.07, 6.45) is 2.97. The summed E-state index contributed by atoms with van der Waals surface area (Å²) < 4.78 is 5.34. The van der Waals surface area contributed by atoms with Crippen LogP contribution in [-0.2, 0) is 16.1 Å². The fourth-order valence-electron chi connectivity index (χ4n) is 2.00. The monoisotopic (exact) mass is 261 g/mol. The lowest BCUT2D eigenvalue weighted by molar-refractivity contribution is -0.145. The van der Waals surface area contributed by atoms with Gasteiger partial charge in [-0.1, -0.05) is 31.2 Å². The van der Waals surface area contributed by atoms with Crippen LogP contribution in [0.15, 0.2) is 24.3 Å². The third-order valence-corrected chi connectivity index (χ3v) is 3.67. The second kappa shape index (κ2) is 6.71. The average Bonchev–Trinajstić information content (AvgIpc) is 3.25. The Bertz CT molecular complexity index is 427. The third kappa shape index (κ3) is 4.35. The largest absolute Gasteiger partial charge is 0.464 e. The molecule has 0 saturated heterocycles. The second-order valence-electron chi connectivity index (χ2n) is 5.32. The number of nitrogens with one attached hydrogen (secondary N) is 1. The molecule has 0 spiro atoms. The Balaban J connectivity index is 1.75. The lowest BCUT2D eigenvalue weighted by Crippen LogP contribution is -2.33. The van der Waals surface area contributed by atoms with Crippen LogP contribution in [0.2, 0.25) is 0 Å². The molecule has 2 rings (SSSR count). The quantitative estimate of drug-likeness (QED) is 0.767. The van der Waals surface area contributed by atoms with Crippen LogP contribution in [0.4, 0.5) is 0 Å². The van der Waals surface area contributed by atoms with E-state index >= 15 is 0 Å². The first-order valence-corrected chi connectivity index (χ1v) is 7.15. The number of rotatable bonds is 7. The molecule has 1 saturated carbocycles. The van der Waals surface area contributed by atoms with E-state index in [-0.39, 0.29) is 17.9 Å². The summed E-state index contributed by atoms with van der Waals surface area (Å²) in [5.74, 6) is 0.171. The lowest BCUT2D eigenvalue weighted by atomic mass is 10.1. The SMILES string of the molecule is CCC(COC(=O)C1CC1)NCc1ccccc1C. The number of carbonyl (C=O) groups excluding carboxylic acids is 1. The number of hydrogen-bond acceptors (Lipinski definition) is 3. The summed E-state index contributed by atoms with van der Waals surface area (Å²) in [7, 11) is 0. The van der Waals surface area contributed by atoms with Crippen molar-refractivity contribution in [2.75, 3.05) is 6.61 Å². The fourth-order valence-corrected chi connectivity index (χ4v) is 2.00. The zero-order valence-corrected chi connectivity index (χ0v) is 11.8. The summed E-state index contributed by atoms with van der Waals surface area (Å²) in [5, 5.41) is 3.46. The molecule has 0 aromatic heterocycles. The zero-order chi connectivity index (χ0) is 13.7. The van der Waals surface area contributed by atoms with Crippen molar-refractivity contribution in [1.29, 1.82) is 0 Å². The predicted molar refractivity (Wildman–Crippen MR) is 75.8 cm³/mol. The van der Waals surface area contributed by atoms with Crippen LogP contribution in [0.3, 0.4) is 0 Å². The summed E-state index contributed by atoms with van der Waals surface area (Å²) in [6.45, 7) is 5.54. The minimum absolute atomic E-state index is 0.0175. The smallest absolute Gasteiger partial charge is 0.308 e. The maximum Gasteiger partial charge on any atom is 0.308 e. The van der Waals surface area contributed by atoms with Crippen molar-refractivity contribution in [3.8, 4) is 0 Å². The Morgan fingerprint density at radius 3 is 2.79 bits per heavy atom. The predicted octanol–water partition coefficient (Wildman–Crippen LogP) is 2.82.